The normalized spacial score (nSPS) is 19.3. The number of imide groups is 1. The standard InChI is InChI=1S/C19H21N3O6/c1-19(2,18(27)28)9-20-15(24)10-3-4-11-8-22(17(26)12(11)7-10)13-5-6-14(23)21-16(13)25/h3-4,7,13H,5-6,8-9H2,1-2H3,(H,20,24)(H,27,28)(H,21,23,25). The Morgan fingerprint density at radius 1 is 1.29 bits per heavy atom. The number of hydrogen-bond acceptors (Lipinski definition) is 5. The van der Waals surface area contributed by atoms with Crippen LogP contribution in [0.15, 0.2) is 18.2 Å². The molecule has 0 bridgehead atoms. The summed E-state index contributed by atoms with van der Waals surface area (Å²) in [5.74, 6) is -2.73. The van der Waals surface area contributed by atoms with Crippen LogP contribution in [0, 0.1) is 5.41 Å². The van der Waals surface area contributed by atoms with Gasteiger partial charge >= 0.3 is 5.97 Å². The van der Waals surface area contributed by atoms with Crippen LogP contribution in [0.3, 0.4) is 0 Å². The van der Waals surface area contributed by atoms with Crippen molar-refractivity contribution in [2.75, 3.05) is 6.54 Å². The quantitative estimate of drug-likeness (QED) is 0.622. The summed E-state index contributed by atoms with van der Waals surface area (Å²) >= 11 is 0. The summed E-state index contributed by atoms with van der Waals surface area (Å²) in [6, 6.07) is 3.94. The van der Waals surface area contributed by atoms with Crippen LogP contribution in [0.4, 0.5) is 0 Å². The number of carboxylic acid groups (broad SMARTS) is 1. The summed E-state index contributed by atoms with van der Waals surface area (Å²) in [4.78, 5) is 61.0. The van der Waals surface area contributed by atoms with Crippen LogP contribution in [-0.4, -0.2) is 52.2 Å². The highest BCUT2D eigenvalue weighted by molar-refractivity contribution is 6.06. The lowest BCUT2D eigenvalue weighted by Gasteiger charge is -2.29. The van der Waals surface area contributed by atoms with Gasteiger partial charge in [0.15, 0.2) is 0 Å². The van der Waals surface area contributed by atoms with Crippen LogP contribution >= 0.6 is 0 Å². The molecule has 1 saturated heterocycles. The van der Waals surface area contributed by atoms with E-state index in [4.69, 9.17) is 5.11 Å². The second-order valence-electron chi connectivity index (χ2n) is 7.64. The van der Waals surface area contributed by atoms with Gasteiger partial charge in [0.1, 0.15) is 6.04 Å². The minimum absolute atomic E-state index is 0.0609. The Kier molecular flexibility index (Phi) is 4.93. The average molecular weight is 387 g/mol. The lowest BCUT2D eigenvalue weighted by atomic mass is 9.94. The number of carbonyl (C=O) groups is 5. The third-order valence-electron chi connectivity index (χ3n) is 5.06. The fourth-order valence-corrected chi connectivity index (χ4v) is 3.17. The smallest absolute Gasteiger partial charge is 0.310 e. The molecule has 1 atom stereocenters. The molecule has 2 aliphatic heterocycles. The predicted octanol–water partition coefficient (Wildman–Crippen LogP) is 0.288. The van der Waals surface area contributed by atoms with Gasteiger partial charge in [0, 0.05) is 30.6 Å². The van der Waals surface area contributed by atoms with Crippen molar-refractivity contribution < 1.29 is 29.1 Å². The van der Waals surface area contributed by atoms with E-state index in [1.807, 2.05) is 0 Å². The highest BCUT2D eigenvalue weighted by Crippen LogP contribution is 2.28. The van der Waals surface area contributed by atoms with Gasteiger partial charge in [-0.25, -0.2) is 0 Å². The van der Waals surface area contributed by atoms with Gasteiger partial charge in [-0.2, -0.15) is 0 Å². The Balaban J connectivity index is 1.73. The number of aliphatic carboxylic acids is 1. The molecule has 9 heteroatoms. The van der Waals surface area contributed by atoms with E-state index < -0.39 is 29.2 Å². The number of nitrogens with zero attached hydrogens (tertiary/aromatic N) is 1. The molecule has 1 fully saturated rings. The molecule has 0 aromatic heterocycles. The fourth-order valence-electron chi connectivity index (χ4n) is 3.17. The number of piperidine rings is 1. The second kappa shape index (κ2) is 7.06. The number of nitrogens with one attached hydrogen (secondary N) is 2. The topological polar surface area (TPSA) is 133 Å². The van der Waals surface area contributed by atoms with Crippen LogP contribution in [0.5, 0.6) is 0 Å². The van der Waals surface area contributed by atoms with E-state index in [2.05, 4.69) is 10.6 Å². The van der Waals surface area contributed by atoms with Crippen molar-refractivity contribution in [2.45, 2.75) is 39.3 Å². The maximum atomic E-state index is 12.8. The molecule has 2 aliphatic rings. The minimum atomic E-state index is -1.12. The van der Waals surface area contributed by atoms with Gasteiger partial charge in [-0.3, -0.25) is 29.3 Å². The number of amides is 4. The summed E-state index contributed by atoms with van der Waals surface area (Å²) in [5.41, 5.74) is 0.135. The first-order valence-corrected chi connectivity index (χ1v) is 8.89. The zero-order valence-electron chi connectivity index (χ0n) is 15.6. The number of benzene rings is 1. The van der Waals surface area contributed by atoms with Gasteiger partial charge in [-0.05, 0) is 38.0 Å². The second-order valence-corrected chi connectivity index (χ2v) is 7.64. The van der Waals surface area contributed by atoms with Crippen molar-refractivity contribution >= 4 is 29.6 Å². The molecule has 1 aromatic carbocycles. The van der Waals surface area contributed by atoms with Crippen molar-refractivity contribution in [1.29, 1.82) is 0 Å². The van der Waals surface area contributed by atoms with Gasteiger partial charge in [0.05, 0.1) is 5.41 Å². The molecule has 0 aliphatic carbocycles. The van der Waals surface area contributed by atoms with Crippen molar-refractivity contribution in [3.8, 4) is 0 Å². The van der Waals surface area contributed by atoms with E-state index >= 15 is 0 Å². The van der Waals surface area contributed by atoms with Crippen molar-refractivity contribution in [1.82, 2.24) is 15.5 Å². The fraction of sp³-hybridized carbons (Fsp3) is 0.421. The Labute approximate surface area is 161 Å². The van der Waals surface area contributed by atoms with E-state index in [1.54, 1.807) is 12.1 Å². The molecular weight excluding hydrogens is 366 g/mol. The first kappa shape index (κ1) is 19.5. The largest absolute Gasteiger partial charge is 0.481 e. The Morgan fingerprint density at radius 3 is 2.64 bits per heavy atom. The molecule has 0 saturated carbocycles. The van der Waals surface area contributed by atoms with Gasteiger partial charge in [-0.15, -0.1) is 0 Å². The zero-order chi connectivity index (χ0) is 20.6. The number of hydrogen-bond donors (Lipinski definition) is 3. The molecule has 148 valence electrons. The molecule has 0 spiro atoms. The SMILES string of the molecule is CC(C)(CNC(=O)c1ccc2c(c1)C(=O)N(C1CCC(=O)NC1=O)C2)C(=O)O. The molecule has 2 heterocycles. The van der Waals surface area contributed by atoms with Crippen LogP contribution in [0.1, 0.15) is 53.0 Å². The van der Waals surface area contributed by atoms with E-state index in [9.17, 15) is 24.0 Å². The van der Waals surface area contributed by atoms with Gasteiger partial charge in [-0.1, -0.05) is 6.07 Å². The molecule has 1 unspecified atom stereocenters. The van der Waals surface area contributed by atoms with Gasteiger partial charge in [0.2, 0.25) is 11.8 Å². The number of carboxylic acids is 1. The zero-order valence-corrected chi connectivity index (χ0v) is 15.6. The van der Waals surface area contributed by atoms with Crippen LogP contribution in [-0.2, 0) is 20.9 Å². The summed E-state index contributed by atoms with van der Waals surface area (Å²) in [6.07, 6.45) is 0.436. The van der Waals surface area contributed by atoms with Crippen LogP contribution in [0.25, 0.3) is 0 Å². The minimum Gasteiger partial charge on any atom is -0.481 e. The van der Waals surface area contributed by atoms with Crippen LogP contribution in [0.2, 0.25) is 0 Å². The number of fused-ring (bicyclic) bond motifs is 1. The maximum absolute atomic E-state index is 12.8. The summed E-state index contributed by atoms with van der Waals surface area (Å²) < 4.78 is 0. The first-order chi connectivity index (χ1) is 13.1. The average Bonchev–Trinajstić information content (AvgIpc) is 2.95. The molecule has 28 heavy (non-hydrogen) atoms. The van der Waals surface area contributed by atoms with Gasteiger partial charge < -0.3 is 15.3 Å². The van der Waals surface area contributed by atoms with Crippen molar-refractivity contribution in [2.24, 2.45) is 5.41 Å². The summed E-state index contributed by atoms with van der Waals surface area (Å²) in [5, 5.41) is 13.9. The highest BCUT2D eigenvalue weighted by Gasteiger charge is 2.39. The number of carbonyl (C=O) groups excluding carboxylic acids is 4. The van der Waals surface area contributed by atoms with E-state index in [1.165, 1.54) is 24.8 Å². The monoisotopic (exact) mass is 387 g/mol. The van der Waals surface area contributed by atoms with E-state index in [0.29, 0.717) is 11.1 Å². The van der Waals surface area contributed by atoms with Crippen molar-refractivity contribution in [3.63, 3.8) is 0 Å². The third kappa shape index (κ3) is 3.60. The molecule has 4 amide bonds. The molecule has 3 rings (SSSR count). The summed E-state index contributed by atoms with van der Waals surface area (Å²) in [6.45, 7) is 3.17. The van der Waals surface area contributed by atoms with Crippen molar-refractivity contribution in [3.05, 3.63) is 34.9 Å². The Hall–Kier alpha value is -3.23. The lowest BCUT2D eigenvalue weighted by Crippen LogP contribution is -2.52. The first-order valence-electron chi connectivity index (χ1n) is 8.89. The Morgan fingerprint density at radius 2 is 2.00 bits per heavy atom. The molecule has 3 N–H and O–H groups in total. The highest BCUT2D eigenvalue weighted by atomic mass is 16.4. The Bertz CT molecular complexity index is 892. The molecule has 0 radical (unpaired) electrons. The van der Waals surface area contributed by atoms with E-state index in [0.717, 1.165) is 0 Å². The number of rotatable bonds is 5. The van der Waals surface area contributed by atoms with Gasteiger partial charge in [0.25, 0.3) is 11.8 Å². The van der Waals surface area contributed by atoms with Crippen LogP contribution < -0.4 is 10.6 Å². The molecule has 9 nitrogen and oxygen atoms in total. The lowest BCUT2D eigenvalue weighted by molar-refractivity contribution is -0.146. The molecule has 1 aromatic rings. The predicted molar refractivity (Wildman–Crippen MR) is 96.2 cm³/mol. The molecular formula is C19H21N3O6. The summed E-state index contributed by atoms with van der Waals surface area (Å²) in [7, 11) is 0. The maximum Gasteiger partial charge on any atom is 0.310 e. The van der Waals surface area contributed by atoms with E-state index in [-0.39, 0.29) is 43.3 Å². The third-order valence-corrected chi connectivity index (χ3v) is 5.06.